The zero-order valence-corrected chi connectivity index (χ0v) is 12.9. The van der Waals surface area contributed by atoms with Crippen LogP contribution in [0, 0.1) is 6.92 Å². The van der Waals surface area contributed by atoms with Gasteiger partial charge < -0.3 is 5.32 Å². The Bertz CT molecular complexity index is 713. The molecule has 4 heteroatoms. The lowest BCUT2D eigenvalue weighted by atomic mass is 9.85. The first kappa shape index (κ1) is 13.6. The monoisotopic (exact) mass is 295 g/mol. The summed E-state index contributed by atoms with van der Waals surface area (Å²) in [5.41, 5.74) is 3.65. The van der Waals surface area contributed by atoms with Crippen molar-refractivity contribution in [2.75, 3.05) is 5.32 Å². The molecule has 4 nitrogen and oxygen atoms in total. The highest BCUT2D eigenvalue weighted by Gasteiger charge is 2.32. The average Bonchev–Trinajstić information content (AvgIpc) is 3.15. The first-order valence-corrected chi connectivity index (χ1v) is 8.17. The number of aromatic nitrogens is 2. The maximum Gasteiger partial charge on any atom is 0.226 e. The van der Waals surface area contributed by atoms with Gasteiger partial charge in [0.2, 0.25) is 5.91 Å². The normalized spacial score (nSPS) is 21.7. The Hall–Kier alpha value is -2.10. The van der Waals surface area contributed by atoms with Gasteiger partial charge in [0, 0.05) is 17.9 Å². The van der Waals surface area contributed by atoms with Crippen molar-refractivity contribution in [2.45, 2.75) is 51.0 Å². The highest BCUT2D eigenvalue weighted by molar-refractivity contribution is 5.94. The van der Waals surface area contributed by atoms with E-state index in [4.69, 9.17) is 0 Å². The third-order valence-corrected chi connectivity index (χ3v) is 5.08. The molecule has 1 fully saturated rings. The highest BCUT2D eigenvalue weighted by atomic mass is 16.1. The highest BCUT2D eigenvalue weighted by Crippen LogP contribution is 2.41. The van der Waals surface area contributed by atoms with Crippen LogP contribution >= 0.6 is 0 Å². The summed E-state index contributed by atoms with van der Waals surface area (Å²) in [5, 5.41) is 7.69. The summed E-state index contributed by atoms with van der Waals surface area (Å²) in [5.74, 6) is 1.15. The molecule has 1 aliphatic carbocycles. The Morgan fingerprint density at radius 3 is 2.73 bits per heavy atom. The van der Waals surface area contributed by atoms with Gasteiger partial charge in [-0.2, -0.15) is 5.10 Å². The summed E-state index contributed by atoms with van der Waals surface area (Å²) in [4.78, 5) is 12.2. The lowest BCUT2D eigenvalue weighted by Gasteiger charge is -2.26. The molecule has 1 aromatic heterocycles. The van der Waals surface area contributed by atoms with Gasteiger partial charge >= 0.3 is 0 Å². The van der Waals surface area contributed by atoms with E-state index in [1.54, 1.807) is 0 Å². The number of aryl methyl sites for hydroxylation is 1. The number of fused-ring (bicyclic) bond motifs is 1. The topological polar surface area (TPSA) is 46.9 Å². The van der Waals surface area contributed by atoms with Crippen LogP contribution in [0.2, 0.25) is 0 Å². The molecular weight excluding hydrogens is 274 g/mol. The van der Waals surface area contributed by atoms with E-state index < -0.39 is 0 Å². The maximum atomic E-state index is 12.2. The first-order chi connectivity index (χ1) is 10.7. The molecular formula is C18H21N3O. The largest absolute Gasteiger partial charge is 0.311 e. The van der Waals surface area contributed by atoms with Crippen molar-refractivity contribution in [3.63, 3.8) is 0 Å². The number of anilines is 1. The lowest BCUT2D eigenvalue weighted by Crippen LogP contribution is -2.26. The molecule has 1 saturated carbocycles. The van der Waals surface area contributed by atoms with Crippen LogP contribution in [0.3, 0.4) is 0 Å². The second kappa shape index (κ2) is 5.27. The van der Waals surface area contributed by atoms with Crippen molar-refractivity contribution >= 4 is 11.7 Å². The number of amides is 1. The minimum Gasteiger partial charge on any atom is -0.311 e. The number of carbonyl (C=O) groups excluding carboxylic acids is 1. The number of nitrogens with zero attached hydrogens (tertiary/aromatic N) is 2. The van der Waals surface area contributed by atoms with Gasteiger partial charge in [-0.25, -0.2) is 4.68 Å². The van der Waals surface area contributed by atoms with Crippen LogP contribution in [-0.2, 0) is 4.79 Å². The number of rotatable bonds is 2. The van der Waals surface area contributed by atoms with Gasteiger partial charge in [-0.3, -0.25) is 4.79 Å². The molecule has 2 heterocycles. The van der Waals surface area contributed by atoms with Crippen molar-refractivity contribution < 1.29 is 4.79 Å². The predicted octanol–water partition coefficient (Wildman–Crippen LogP) is 3.78. The summed E-state index contributed by atoms with van der Waals surface area (Å²) in [6.07, 6.45) is 7.32. The molecule has 1 amide bonds. The van der Waals surface area contributed by atoms with Crippen molar-refractivity contribution in [1.82, 2.24) is 9.78 Å². The zero-order valence-electron chi connectivity index (χ0n) is 12.9. The SMILES string of the molecule is Cc1ccccc1[C@H]1CC(=O)Nc2c1cnn2C1CCCC1. The number of hydrogen-bond acceptors (Lipinski definition) is 2. The van der Waals surface area contributed by atoms with E-state index >= 15 is 0 Å². The molecule has 22 heavy (non-hydrogen) atoms. The van der Waals surface area contributed by atoms with Gasteiger partial charge in [0.15, 0.2) is 0 Å². The van der Waals surface area contributed by atoms with Gasteiger partial charge in [-0.05, 0) is 30.9 Å². The molecule has 0 bridgehead atoms. The molecule has 0 spiro atoms. The second-order valence-corrected chi connectivity index (χ2v) is 6.49. The van der Waals surface area contributed by atoms with E-state index in [0.29, 0.717) is 12.5 Å². The third-order valence-electron chi connectivity index (χ3n) is 5.08. The molecule has 1 aromatic carbocycles. The summed E-state index contributed by atoms with van der Waals surface area (Å²) < 4.78 is 2.06. The van der Waals surface area contributed by atoms with Crippen LogP contribution in [0.25, 0.3) is 0 Å². The van der Waals surface area contributed by atoms with Crippen LogP contribution in [0.15, 0.2) is 30.5 Å². The summed E-state index contributed by atoms with van der Waals surface area (Å²) in [7, 11) is 0. The average molecular weight is 295 g/mol. The van der Waals surface area contributed by atoms with E-state index in [0.717, 1.165) is 5.82 Å². The van der Waals surface area contributed by atoms with E-state index in [1.807, 2.05) is 12.3 Å². The van der Waals surface area contributed by atoms with E-state index in [-0.39, 0.29) is 11.8 Å². The zero-order chi connectivity index (χ0) is 15.1. The molecule has 0 unspecified atom stereocenters. The van der Waals surface area contributed by atoms with Crippen molar-refractivity contribution in [3.05, 3.63) is 47.2 Å². The van der Waals surface area contributed by atoms with Gasteiger partial charge in [0.25, 0.3) is 0 Å². The minimum atomic E-state index is 0.0977. The molecule has 1 atom stereocenters. The van der Waals surface area contributed by atoms with Gasteiger partial charge in [-0.1, -0.05) is 37.1 Å². The molecule has 1 N–H and O–H groups in total. The van der Waals surface area contributed by atoms with Crippen LogP contribution < -0.4 is 5.32 Å². The minimum absolute atomic E-state index is 0.0977. The Kier molecular flexibility index (Phi) is 3.25. The molecule has 114 valence electrons. The second-order valence-electron chi connectivity index (χ2n) is 6.49. The Labute approximate surface area is 130 Å². The van der Waals surface area contributed by atoms with Crippen molar-refractivity contribution in [3.8, 4) is 0 Å². The summed E-state index contributed by atoms with van der Waals surface area (Å²) in [6, 6.07) is 8.79. The lowest BCUT2D eigenvalue weighted by molar-refractivity contribution is -0.116. The van der Waals surface area contributed by atoms with Gasteiger partial charge in [0.1, 0.15) is 5.82 Å². The fourth-order valence-corrected chi connectivity index (χ4v) is 3.92. The van der Waals surface area contributed by atoms with Gasteiger partial charge in [0.05, 0.1) is 12.2 Å². The third kappa shape index (κ3) is 2.14. The Morgan fingerprint density at radius 2 is 1.95 bits per heavy atom. The molecule has 1 aliphatic heterocycles. The van der Waals surface area contributed by atoms with E-state index in [1.165, 1.54) is 42.4 Å². The molecule has 0 saturated heterocycles. The molecule has 2 aromatic rings. The standard InChI is InChI=1S/C18H21N3O/c1-12-6-2-5-9-14(12)15-10-17(22)20-18-16(15)11-19-21(18)13-7-3-4-8-13/h2,5-6,9,11,13,15H,3-4,7-8,10H2,1H3,(H,20,22)/t15-/m1/s1. The van der Waals surface area contributed by atoms with Crippen LogP contribution in [0.4, 0.5) is 5.82 Å². The Balaban J connectivity index is 1.78. The molecule has 4 rings (SSSR count). The van der Waals surface area contributed by atoms with Crippen molar-refractivity contribution in [1.29, 1.82) is 0 Å². The van der Waals surface area contributed by atoms with Crippen LogP contribution in [0.1, 0.15) is 60.8 Å². The van der Waals surface area contributed by atoms with Crippen LogP contribution in [0.5, 0.6) is 0 Å². The summed E-state index contributed by atoms with van der Waals surface area (Å²) >= 11 is 0. The molecule has 2 aliphatic rings. The maximum absolute atomic E-state index is 12.2. The van der Waals surface area contributed by atoms with E-state index in [9.17, 15) is 4.79 Å². The number of carbonyl (C=O) groups is 1. The smallest absolute Gasteiger partial charge is 0.226 e. The van der Waals surface area contributed by atoms with Crippen molar-refractivity contribution in [2.24, 2.45) is 0 Å². The fourth-order valence-electron chi connectivity index (χ4n) is 3.92. The van der Waals surface area contributed by atoms with Gasteiger partial charge in [-0.15, -0.1) is 0 Å². The summed E-state index contributed by atoms with van der Waals surface area (Å²) in [6.45, 7) is 2.11. The van der Waals surface area contributed by atoms with E-state index in [2.05, 4.69) is 40.2 Å². The molecule has 0 radical (unpaired) electrons. The fraction of sp³-hybridized carbons (Fsp3) is 0.444. The quantitative estimate of drug-likeness (QED) is 0.916. The number of nitrogens with one attached hydrogen (secondary N) is 1. The first-order valence-electron chi connectivity index (χ1n) is 8.17. The number of hydrogen-bond donors (Lipinski definition) is 1. The Morgan fingerprint density at radius 1 is 1.18 bits per heavy atom. The van der Waals surface area contributed by atoms with Crippen LogP contribution in [-0.4, -0.2) is 15.7 Å². The predicted molar refractivity (Wildman–Crippen MR) is 86.0 cm³/mol. The number of benzene rings is 1.